The van der Waals surface area contributed by atoms with Crippen LogP contribution in [0.5, 0.6) is 0 Å². The fourth-order valence-electron chi connectivity index (χ4n) is 4.88. The van der Waals surface area contributed by atoms with Gasteiger partial charge in [0, 0.05) is 18.3 Å². The zero-order valence-corrected chi connectivity index (χ0v) is 18.9. The van der Waals surface area contributed by atoms with Crippen LogP contribution in [0.4, 0.5) is 29.5 Å². The molecule has 2 aromatic rings. The first-order valence-electron chi connectivity index (χ1n) is 11.0. The summed E-state index contributed by atoms with van der Waals surface area (Å²) in [5, 5.41) is 2.71. The summed E-state index contributed by atoms with van der Waals surface area (Å²) < 4.78 is 40.4. The number of benzene rings is 1. The highest BCUT2D eigenvalue weighted by Crippen LogP contribution is 2.59. The van der Waals surface area contributed by atoms with Gasteiger partial charge in [-0.25, -0.2) is 14.7 Å². The number of urea groups is 1. The molecule has 1 aromatic carbocycles. The molecular weight excluding hydrogens is 449 g/mol. The Balaban J connectivity index is 1.45. The van der Waals surface area contributed by atoms with E-state index < -0.39 is 35.0 Å². The van der Waals surface area contributed by atoms with Crippen LogP contribution in [0.25, 0.3) is 0 Å². The number of carbonyl (C=O) groups excluding carboxylic acids is 3. The fourth-order valence-corrected chi connectivity index (χ4v) is 4.88. The van der Waals surface area contributed by atoms with Crippen LogP contribution >= 0.6 is 0 Å². The predicted octanol–water partition coefficient (Wildman–Crippen LogP) is 4.48. The van der Waals surface area contributed by atoms with E-state index >= 15 is 0 Å². The Hall–Kier alpha value is -3.43. The lowest BCUT2D eigenvalue weighted by Gasteiger charge is -2.28. The molecule has 1 atom stereocenters. The summed E-state index contributed by atoms with van der Waals surface area (Å²) in [6.45, 7) is 5.07. The molecular formula is C24H23F3N4O3. The largest absolute Gasteiger partial charge is 0.398 e. The molecule has 3 heterocycles. The minimum absolute atomic E-state index is 0.0320. The lowest BCUT2D eigenvalue weighted by atomic mass is 9.95. The van der Waals surface area contributed by atoms with Crippen LogP contribution in [0.2, 0.25) is 0 Å². The smallest absolute Gasteiger partial charge is 0.310 e. The second-order valence-corrected chi connectivity index (χ2v) is 9.64. The van der Waals surface area contributed by atoms with Crippen molar-refractivity contribution in [1.82, 2.24) is 9.88 Å². The van der Waals surface area contributed by atoms with Crippen molar-refractivity contribution in [1.29, 1.82) is 0 Å². The third kappa shape index (κ3) is 3.04. The molecule has 7 nitrogen and oxygen atoms in total. The molecule has 5 rings (SSSR count). The van der Waals surface area contributed by atoms with Gasteiger partial charge in [0.15, 0.2) is 0 Å². The third-order valence-electron chi connectivity index (χ3n) is 7.27. The van der Waals surface area contributed by atoms with Gasteiger partial charge in [0.25, 0.3) is 5.91 Å². The van der Waals surface area contributed by atoms with Crippen LogP contribution in [-0.2, 0) is 21.5 Å². The van der Waals surface area contributed by atoms with Crippen LogP contribution < -0.4 is 10.2 Å². The standard InChI is InChI=1S/C24H23F3N4O3/c1-13-17-14(8-11-28-18(17)29-19(13)32)12-30-21(34)31(20(33)22(30,2)3)16-6-4-15(5-7-16)23(9-10-23)24(25,26)27/h4-8,11,13H,9-10,12H2,1-3H3,(H,28,29,32). The number of amides is 4. The normalized spacial score (nSPS) is 22.8. The number of hydrogen-bond acceptors (Lipinski definition) is 4. The number of rotatable bonds is 4. The average molecular weight is 472 g/mol. The average Bonchev–Trinajstić information content (AvgIpc) is 3.51. The molecule has 1 aliphatic carbocycles. The number of carbonyl (C=O) groups is 3. The van der Waals surface area contributed by atoms with E-state index in [1.165, 1.54) is 35.4 Å². The Kier molecular flexibility index (Phi) is 4.63. The van der Waals surface area contributed by atoms with E-state index in [4.69, 9.17) is 0 Å². The van der Waals surface area contributed by atoms with Gasteiger partial charge in [-0.3, -0.25) is 9.59 Å². The first-order chi connectivity index (χ1) is 15.9. The highest BCUT2D eigenvalue weighted by atomic mass is 19.4. The Bertz CT molecular complexity index is 1220. The second-order valence-electron chi connectivity index (χ2n) is 9.64. The number of aromatic nitrogens is 1. The van der Waals surface area contributed by atoms with Gasteiger partial charge in [-0.15, -0.1) is 0 Å². The maximum atomic E-state index is 13.5. The van der Waals surface area contributed by atoms with Gasteiger partial charge >= 0.3 is 12.2 Å². The molecule has 3 aliphatic rings. The first-order valence-corrected chi connectivity index (χ1v) is 11.0. The summed E-state index contributed by atoms with van der Waals surface area (Å²) in [4.78, 5) is 45.3. The molecule has 4 amide bonds. The van der Waals surface area contributed by atoms with Crippen molar-refractivity contribution in [3.63, 3.8) is 0 Å². The van der Waals surface area contributed by atoms with Crippen LogP contribution in [-0.4, -0.2) is 39.4 Å². The van der Waals surface area contributed by atoms with Crippen LogP contribution in [0.1, 0.15) is 56.2 Å². The molecule has 34 heavy (non-hydrogen) atoms. The second kappa shape index (κ2) is 7.04. The maximum absolute atomic E-state index is 13.5. The summed E-state index contributed by atoms with van der Waals surface area (Å²) in [5.41, 5.74) is -1.29. The highest BCUT2D eigenvalue weighted by Gasteiger charge is 2.64. The number of alkyl halides is 3. The Labute approximate surface area is 193 Å². The zero-order chi connectivity index (χ0) is 24.6. The molecule has 1 saturated heterocycles. The van der Waals surface area contributed by atoms with Crippen molar-refractivity contribution in [3.05, 3.63) is 53.2 Å². The van der Waals surface area contributed by atoms with Crippen molar-refractivity contribution < 1.29 is 27.6 Å². The minimum atomic E-state index is -4.34. The highest BCUT2D eigenvalue weighted by molar-refractivity contribution is 6.23. The van der Waals surface area contributed by atoms with Crippen molar-refractivity contribution in [3.8, 4) is 0 Å². The lowest BCUT2D eigenvalue weighted by molar-refractivity contribution is -0.160. The number of pyridine rings is 1. The zero-order valence-electron chi connectivity index (χ0n) is 18.9. The number of nitrogens with one attached hydrogen (secondary N) is 1. The summed E-state index contributed by atoms with van der Waals surface area (Å²) in [5.74, 6) is -0.665. The Morgan fingerprint density at radius 3 is 2.32 bits per heavy atom. The minimum Gasteiger partial charge on any atom is -0.310 e. The molecule has 2 fully saturated rings. The summed E-state index contributed by atoms with van der Waals surface area (Å²) >= 11 is 0. The van der Waals surface area contributed by atoms with E-state index in [0.29, 0.717) is 16.9 Å². The van der Waals surface area contributed by atoms with Gasteiger partial charge in [0.05, 0.1) is 17.0 Å². The van der Waals surface area contributed by atoms with E-state index in [2.05, 4.69) is 10.3 Å². The monoisotopic (exact) mass is 472 g/mol. The van der Waals surface area contributed by atoms with Crippen molar-refractivity contribution in [2.45, 2.75) is 63.2 Å². The molecule has 1 saturated carbocycles. The number of hydrogen-bond donors (Lipinski definition) is 1. The SMILES string of the molecule is CC1C(=O)Nc2nccc(CN3C(=O)N(c4ccc(C5(C(F)(F)F)CC5)cc4)C(=O)C3(C)C)c21. The van der Waals surface area contributed by atoms with Crippen molar-refractivity contribution >= 4 is 29.4 Å². The van der Waals surface area contributed by atoms with Crippen molar-refractivity contribution in [2.24, 2.45) is 0 Å². The van der Waals surface area contributed by atoms with E-state index in [-0.39, 0.29) is 36.5 Å². The van der Waals surface area contributed by atoms with Gasteiger partial charge in [-0.2, -0.15) is 13.2 Å². The molecule has 1 aromatic heterocycles. The van der Waals surface area contributed by atoms with Crippen LogP contribution in [0.3, 0.4) is 0 Å². The number of imide groups is 1. The van der Waals surface area contributed by atoms with E-state index in [0.717, 1.165) is 4.90 Å². The Morgan fingerprint density at radius 2 is 1.74 bits per heavy atom. The summed E-state index contributed by atoms with van der Waals surface area (Å²) in [7, 11) is 0. The predicted molar refractivity (Wildman–Crippen MR) is 117 cm³/mol. The summed E-state index contributed by atoms with van der Waals surface area (Å²) in [6.07, 6.45) is -2.74. The molecule has 0 spiro atoms. The molecule has 1 N–H and O–H groups in total. The number of anilines is 2. The molecule has 2 aliphatic heterocycles. The fraction of sp³-hybridized carbons (Fsp3) is 0.417. The Morgan fingerprint density at radius 1 is 1.09 bits per heavy atom. The van der Waals surface area contributed by atoms with Crippen LogP contribution in [0.15, 0.2) is 36.5 Å². The molecule has 1 unspecified atom stereocenters. The third-order valence-corrected chi connectivity index (χ3v) is 7.27. The quantitative estimate of drug-likeness (QED) is 0.666. The number of fused-ring (bicyclic) bond motifs is 1. The number of halogens is 3. The molecule has 0 radical (unpaired) electrons. The lowest BCUT2D eigenvalue weighted by Crippen LogP contribution is -2.43. The van der Waals surface area contributed by atoms with Crippen molar-refractivity contribution in [2.75, 3.05) is 10.2 Å². The van der Waals surface area contributed by atoms with Gasteiger partial charge < -0.3 is 10.2 Å². The number of nitrogens with zero attached hydrogens (tertiary/aromatic N) is 3. The van der Waals surface area contributed by atoms with E-state index in [9.17, 15) is 27.6 Å². The molecule has 0 bridgehead atoms. The van der Waals surface area contributed by atoms with E-state index in [1.54, 1.807) is 26.8 Å². The van der Waals surface area contributed by atoms with E-state index in [1.807, 2.05) is 0 Å². The van der Waals surface area contributed by atoms with Gasteiger partial charge in [0.1, 0.15) is 11.4 Å². The molecule has 178 valence electrons. The topological polar surface area (TPSA) is 82.6 Å². The van der Waals surface area contributed by atoms with Gasteiger partial charge in [-0.1, -0.05) is 12.1 Å². The summed E-state index contributed by atoms with van der Waals surface area (Å²) in [6, 6.07) is 6.63. The maximum Gasteiger partial charge on any atom is 0.398 e. The van der Waals surface area contributed by atoms with Crippen LogP contribution in [0, 0.1) is 0 Å². The first kappa shape index (κ1) is 22.4. The van der Waals surface area contributed by atoms with Gasteiger partial charge in [0.2, 0.25) is 5.91 Å². The van der Waals surface area contributed by atoms with Gasteiger partial charge in [-0.05, 0) is 62.9 Å². The molecule has 10 heteroatoms.